The van der Waals surface area contributed by atoms with Gasteiger partial charge in [-0.05, 0) is 19.4 Å². The van der Waals surface area contributed by atoms with E-state index in [2.05, 4.69) is 40.0 Å². The van der Waals surface area contributed by atoms with Gasteiger partial charge in [0.25, 0.3) is 0 Å². The molecule has 3 rings (SSSR count). The maximum Gasteiger partial charge on any atom is 0.195 e. The number of hydrogen-bond acceptors (Lipinski definition) is 5. The summed E-state index contributed by atoms with van der Waals surface area (Å²) < 4.78 is 8.00. The minimum absolute atomic E-state index is 0.329. The van der Waals surface area contributed by atoms with E-state index in [1.54, 1.807) is 11.3 Å². The van der Waals surface area contributed by atoms with Gasteiger partial charge in [-0.1, -0.05) is 13.8 Å². The average Bonchev–Trinajstić information content (AvgIpc) is 3.09. The third-order valence-corrected chi connectivity index (χ3v) is 4.71. The van der Waals surface area contributed by atoms with E-state index in [9.17, 15) is 0 Å². The molecule has 0 bridgehead atoms. The molecule has 0 spiro atoms. The first kappa shape index (κ1) is 14.8. The fraction of sp³-hybridized carbons (Fsp3) is 0.667. The summed E-state index contributed by atoms with van der Waals surface area (Å²) in [5.74, 6) is 1.13. The summed E-state index contributed by atoms with van der Waals surface area (Å²) in [6.07, 6.45) is 4.66. The largest absolute Gasteiger partial charge is 0.375 e. The standard InChI is InChI=1S/C15H24N4OS/c1-3-5-16-10-13-14(17-15-19(13)7-9-21-15)18-6-8-20-12(4-2)11-18/h7,9,12,16H,3-6,8,10-11H2,1-2H3. The van der Waals surface area contributed by atoms with Crippen LogP contribution in [0.1, 0.15) is 32.4 Å². The highest BCUT2D eigenvalue weighted by molar-refractivity contribution is 7.15. The molecule has 0 amide bonds. The fourth-order valence-corrected chi connectivity index (χ4v) is 3.51. The first-order valence-electron chi connectivity index (χ1n) is 7.85. The second-order valence-corrected chi connectivity index (χ2v) is 6.33. The molecule has 1 unspecified atom stereocenters. The van der Waals surface area contributed by atoms with Crippen molar-refractivity contribution in [2.75, 3.05) is 31.1 Å². The summed E-state index contributed by atoms with van der Waals surface area (Å²) in [5, 5.41) is 5.61. The van der Waals surface area contributed by atoms with Crippen molar-refractivity contribution in [2.24, 2.45) is 0 Å². The highest BCUT2D eigenvalue weighted by Gasteiger charge is 2.24. The molecule has 1 aliphatic rings. The second kappa shape index (κ2) is 6.77. The summed E-state index contributed by atoms with van der Waals surface area (Å²) in [7, 11) is 0. The molecule has 0 saturated carbocycles. The van der Waals surface area contributed by atoms with E-state index in [4.69, 9.17) is 9.72 Å². The van der Waals surface area contributed by atoms with Crippen LogP contribution >= 0.6 is 11.3 Å². The molecule has 21 heavy (non-hydrogen) atoms. The molecule has 1 saturated heterocycles. The van der Waals surface area contributed by atoms with Gasteiger partial charge < -0.3 is 15.0 Å². The second-order valence-electron chi connectivity index (χ2n) is 5.46. The number of morpholine rings is 1. The lowest BCUT2D eigenvalue weighted by Crippen LogP contribution is -2.43. The number of rotatable bonds is 6. The Morgan fingerprint density at radius 1 is 1.48 bits per heavy atom. The molecule has 1 atom stereocenters. The maximum absolute atomic E-state index is 5.78. The molecule has 0 radical (unpaired) electrons. The number of fused-ring (bicyclic) bond motifs is 1. The Bertz CT molecular complexity index is 579. The topological polar surface area (TPSA) is 41.8 Å². The lowest BCUT2D eigenvalue weighted by molar-refractivity contribution is 0.0381. The van der Waals surface area contributed by atoms with Crippen LogP contribution in [0.2, 0.25) is 0 Å². The van der Waals surface area contributed by atoms with Crippen LogP contribution in [0, 0.1) is 0 Å². The average molecular weight is 308 g/mol. The molecular weight excluding hydrogens is 284 g/mol. The van der Waals surface area contributed by atoms with Crippen LogP contribution in [0.4, 0.5) is 5.82 Å². The summed E-state index contributed by atoms with van der Waals surface area (Å²) in [6.45, 7) is 8.96. The molecule has 2 aromatic heterocycles. The molecule has 6 heteroatoms. The van der Waals surface area contributed by atoms with E-state index in [0.29, 0.717) is 6.10 Å². The Morgan fingerprint density at radius 2 is 2.38 bits per heavy atom. The zero-order valence-electron chi connectivity index (χ0n) is 12.8. The minimum Gasteiger partial charge on any atom is -0.375 e. The van der Waals surface area contributed by atoms with Gasteiger partial charge in [-0.3, -0.25) is 4.40 Å². The van der Waals surface area contributed by atoms with E-state index in [-0.39, 0.29) is 0 Å². The number of thiazole rings is 1. The van der Waals surface area contributed by atoms with Crippen molar-refractivity contribution in [3.8, 4) is 0 Å². The third kappa shape index (κ3) is 3.07. The Labute approximate surface area is 129 Å². The van der Waals surface area contributed by atoms with Crippen molar-refractivity contribution < 1.29 is 4.74 Å². The number of aromatic nitrogens is 2. The highest BCUT2D eigenvalue weighted by atomic mass is 32.1. The van der Waals surface area contributed by atoms with Crippen LogP contribution in [-0.2, 0) is 11.3 Å². The Hall–Kier alpha value is -1.11. The highest BCUT2D eigenvalue weighted by Crippen LogP contribution is 2.26. The van der Waals surface area contributed by atoms with E-state index in [1.165, 1.54) is 5.69 Å². The van der Waals surface area contributed by atoms with Gasteiger partial charge in [0, 0.05) is 31.2 Å². The molecule has 5 nitrogen and oxygen atoms in total. The Kier molecular flexibility index (Phi) is 4.77. The summed E-state index contributed by atoms with van der Waals surface area (Å²) in [6, 6.07) is 0. The predicted molar refractivity (Wildman–Crippen MR) is 87.3 cm³/mol. The number of anilines is 1. The van der Waals surface area contributed by atoms with Crippen LogP contribution in [0.15, 0.2) is 11.6 Å². The van der Waals surface area contributed by atoms with Gasteiger partial charge in [0.15, 0.2) is 10.8 Å². The Morgan fingerprint density at radius 3 is 3.19 bits per heavy atom. The smallest absolute Gasteiger partial charge is 0.195 e. The number of imidazole rings is 1. The number of nitrogens with zero attached hydrogens (tertiary/aromatic N) is 3. The quantitative estimate of drug-likeness (QED) is 0.833. The molecule has 0 aliphatic carbocycles. The third-order valence-electron chi connectivity index (χ3n) is 3.95. The normalized spacial score (nSPS) is 19.5. The predicted octanol–water partition coefficient (Wildman–Crippen LogP) is 2.51. The number of ether oxygens (including phenoxy) is 1. The summed E-state index contributed by atoms with van der Waals surface area (Å²) in [5.41, 5.74) is 1.27. The fourth-order valence-electron chi connectivity index (χ4n) is 2.78. The first-order valence-corrected chi connectivity index (χ1v) is 8.73. The zero-order chi connectivity index (χ0) is 14.7. The van der Waals surface area contributed by atoms with Crippen molar-refractivity contribution in [3.63, 3.8) is 0 Å². The van der Waals surface area contributed by atoms with Gasteiger partial charge in [-0.15, -0.1) is 11.3 Å². The zero-order valence-corrected chi connectivity index (χ0v) is 13.7. The van der Waals surface area contributed by atoms with Gasteiger partial charge in [-0.25, -0.2) is 4.98 Å². The van der Waals surface area contributed by atoms with Crippen molar-refractivity contribution in [3.05, 3.63) is 17.3 Å². The van der Waals surface area contributed by atoms with E-state index >= 15 is 0 Å². The van der Waals surface area contributed by atoms with Crippen molar-refractivity contribution in [1.82, 2.24) is 14.7 Å². The monoisotopic (exact) mass is 308 g/mol. The molecule has 1 aliphatic heterocycles. The molecule has 1 N–H and O–H groups in total. The van der Waals surface area contributed by atoms with Gasteiger partial charge in [0.1, 0.15) is 0 Å². The minimum atomic E-state index is 0.329. The number of hydrogen-bond donors (Lipinski definition) is 1. The van der Waals surface area contributed by atoms with Gasteiger partial charge in [0.2, 0.25) is 0 Å². The van der Waals surface area contributed by atoms with E-state index < -0.39 is 0 Å². The van der Waals surface area contributed by atoms with Crippen molar-refractivity contribution in [2.45, 2.75) is 39.3 Å². The van der Waals surface area contributed by atoms with Gasteiger partial charge in [0.05, 0.1) is 18.4 Å². The van der Waals surface area contributed by atoms with Crippen LogP contribution in [0.25, 0.3) is 4.96 Å². The van der Waals surface area contributed by atoms with Crippen molar-refractivity contribution >= 4 is 22.1 Å². The van der Waals surface area contributed by atoms with Gasteiger partial charge >= 0.3 is 0 Å². The molecule has 0 aromatic carbocycles. The summed E-state index contributed by atoms with van der Waals surface area (Å²) >= 11 is 1.70. The van der Waals surface area contributed by atoms with E-state index in [0.717, 1.165) is 56.4 Å². The first-order chi connectivity index (χ1) is 10.3. The lowest BCUT2D eigenvalue weighted by atomic mass is 10.2. The van der Waals surface area contributed by atoms with Crippen LogP contribution in [-0.4, -0.2) is 41.7 Å². The van der Waals surface area contributed by atoms with Crippen molar-refractivity contribution in [1.29, 1.82) is 0 Å². The van der Waals surface area contributed by atoms with Gasteiger partial charge in [-0.2, -0.15) is 0 Å². The Balaban J connectivity index is 1.85. The van der Waals surface area contributed by atoms with E-state index in [1.807, 2.05) is 0 Å². The molecule has 116 valence electrons. The SMILES string of the molecule is CCCNCc1c(N2CCOC(CC)C2)nc2sccn12. The molecule has 2 aromatic rings. The van der Waals surface area contributed by atoms with Crippen LogP contribution in [0.5, 0.6) is 0 Å². The van der Waals surface area contributed by atoms with Crippen LogP contribution in [0.3, 0.4) is 0 Å². The molecular formula is C15H24N4OS. The molecule has 1 fully saturated rings. The number of nitrogens with one attached hydrogen (secondary N) is 1. The maximum atomic E-state index is 5.78. The molecule has 3 heterocycles. The van der Waals surface area contributed by atoms with Crippen LogP contribution < -0.4 is 10.2 Å². The lowest BCUT2D eigenvalue weighted by Gasteiger charge is -2.33. The summed E-state index contributed by atoms with van der Waals surface area (Å²) in [4.78, 5) is 8.33.